The first-order chi connectivity index (χ1) is 22.4. The summed E-state index contributed by atoms with van der Waals surface area (Å²) in [6.45, 7) is 3.50. The van der Waals surface area contributed by atoms with Crippen LogP contribution in [0.4, 0.5) is 0 Å². The standard InChI is InChI=1S/C33H35Cl2N7O4/c1-45-32-27(12-36-11-20-9-10-29(44)39-20)37-13-25(40-32)23-7-3-5-21(30(23)34)22-6-4-8-24(31(22)35)26-14-38-28(33(41-26)46-2)17-42-15-19(16-42)18-43/h3-8,13-14,19-20,36,43H,9-12,15-18H2,1-2H3,(H,39,44)/t20-/m0/s1. The number of carbonyl (C=O) groups excluding carboxylic acids is 1. The number of nitrogens with one attached hydrogen (secondary N) is 2. The second-order valence-corrected chi connectivity index (χ2v) is 12.2. The van der Waals surface area contributed by atoms with Crippen LogP contribution < -0.4 is 20.1 Å². The summed E-state index contributed by atoms with van der Waals surface area (Å²) >= 11 is 14.1. The molecule has 1 amide bonds. The van der Waals surface area contributed by atoms with Crippen molar-refractivity contribution in [2.45, 2.75) is 32.0 Å². The third-order valence-electron chi connectivity index (χ3n) is 8.28. The molecule has 13 heteroatoms. The zero-order valence-corrected chi connectivity index (χ0v) is 27.1. The first-order valence-electron chi connectivity index (χ1n) is 15.1. The van der Waals surface area contributed by atoms with Crippen LogP contribution in [-0.2, 0) is 17.9 Å². The molecule has 2 fully saturated rings. The van der Waals surface area contributed by atoms with Crippen LogP contribution in [0.15, 0.2) is 48.8 Å². The second-order valence-electron chi connectivity index (χ2n) is 11.4. The lowest BCUT2D eigenvalue weighted by Gasteiger charge is -2.37. The van der Waals surface area contributed by atoms with Crippen LogP contribution in [-0.4, -0.2) is 82.4 Å². The van der Waals surface area contributed by atoms with Gasteiger partial charge in [0.15, 0.2) is 0 Å². The van der Waals surface area contributed by atoms with Gasteiger partial charge < -0.3 is 25.2 Å². The van der Waals surface area contributed by atoms with Crippen molar-refractivity contribution in [3.05, 3.63) is 70.2 Å². The molecule has 0 bridgehead atoms. The van der Waals surface area contributed by atoms with Gasteiger partial charge in [0, 0.05) is 80.0 Å². The Bertz CT molecular complexity index is 1730. The lowest BCUT2D eigenvalue weighted by Crippen LogP contribution is -2.47. The van der Waals surface area contributed by atoms with E-state index in [0.717, 1.165) is 36.3 Å². The maximum atomic E-state index is 11.5. The summed E-state index contributed by atoms with van der Waals surface area (Å²) in [7, 11) is 3.13. The quantitative estimate of drug-likeness (QED) is 0.200. The van der Waals surface area contributed by atoms with Crippen LogP contribution in [0.2, 0.25) is 10.0 Å². The number of benzene rings is 2. The van der Waals surface area contributed by atoms with Gasteiger partial charge in [0.05, 0.1) is 48.0 Å². The Hall–Kier alpha value is -3.87. The van der Waals surface area contributed by atoms with Gasteiger partial charge in [0.2, 0.25) is 17.7 Å². The highest BCUT2D eigenvalue weighted by atomic mass is 35.5. The highest BCUT2D eigenvalue weighted by Crippen LogP contribution is 2.42. The second kappa shape index (κ2) is 14.3. The van der Waals surface area contributed by atoms with Gasteiger partial charge >= 0.3 is 0 Å². The van der Waals surface area contributed by atoms with Crippen molar-refractivity contribution < 1.29 is 19.4 Å². The van der Waals surface area contributed by atoms with Gasteiger partial charge in [0.25, 0.3) is 0 Å². The Balaban J connectivity index is 1.23. The molecule has 240 valence electrons. The number of rotatable bonds is 12. The molecule has 4 aromatic rings. The van der Waals surface area contributed by atoms with E-state index in [0.29, 0.717) is 82.0 Å². The van der Waals surface area contributed by atoms with Crippen LogP contribution in [0, 0.1) is 5.92 Å². The number of aliphatic hydroxyl groups excluding tert-OH is 1. The molecule has 0 radical (unpaired) electrons. The van der Waals surface area contributed by atoms with Gasteiger partial charge in [-0.3, -0.25) is 19.7 Å². The Morgan fingerprint density at radius 3 is 2.02 bits per heavy atom. The van der Waals surface area contributed by atoms with E-state index in [1.54, 1.807) is 26.6 Å². The van der Waals surface area contributed by atoms with E-state index in [1.165, 1.54) is 0 Å². The normalized spacial score (nSPS) is 16.7. The summed E-state index contributed by atoms with van der Waals surface area (Å²) < 4.78 is 11.2. The summed E-state index contributed by atoms with van der Waals surface area (Å²) in [5.41, 5.74) is 5.34. The minimum absolute atomic E-state index is 0.0832. The number of aromatic nitrogens is 4. The SMILES string of the molecule is COc1nc(-c2cccc(-c3cccc(-c4cnc(CN5CC(CO)C5)c(OC)n4)c3Cl)c2Cl)cnc1CNC[C@@H]1CCC(=O)N1. The highest BCUT2D eigenvalue weighted by molar-refractivity contribution is 6.39. The van der Waals surface area contributed by atoms with E-state index in [1.807, 2.05) is 36.4 Å². The maximum absolute atomic E-state index is 11.5. The number of nitrogens with zero attached hydrogens (tertiary/aromatic N) is 5. The average molecular weight is 665 g/mol. The molecule has 6 rings (SSSR count). The van der Waals surface area contributed by atoms with Crippen LogP contribution in [0.5, 0.6) is 11.8 Å². The summed E-state index contributed by atoms with van der Waals surface area (Å²) in [6, 6.07) is 11.5. The van der Waals surface area contributed by atoms with Gasteiger partial charge in [0.1, 0.15) is 11.4 Å². The van der Waals surface area contributed by atoms with Crippen LogP contribution in [0.25, 0.3) is 33.6 Å². The van der Waals surface area contributed by atoms with E-state index < -0.39 is 0 Å². The average Bonchev–Trinajstić information content (AvgIpc) is 3.47. The summed E-state index contributed by atoms with van der Waals surface area (Å²) in [5, 5.41) is 16.5. The lowest BCUT2D eigenvalue weighted by atomic mass is 9.98. The van der Waals surface area contributed by atoms with Crippen LogP contribution in [0.1, 0.15) is 24.2 Å². The van der Waals surface area contributed by atoms with Crippen molar-refractivity contribution in [3.8, 4) is 45.4 Å². The van der Waals surface area contributed by atoms with Crippen molar-refractivity contribution in [1.29, 1.82) is 0 Å². The molecule has 1 atom stereocenters. The topological polar surface area (TPSA) is 135 Å². The first-order valence-corrected chi connectivity index (χ1v) is 15.8. The minimum Gasteiger partial charge on any atom is -0.480 e. The number of hydrogen-bond acceptors (Lipinski definition) is 10. The van der Waals surface area contributed by atoms with Crippen molar-refractivity contribution in [2.75, 3.05) is 40.5 Å². The molecule has 11 nitrogen and oxygen atoms in total. The molecule has 2 aliphatic rings. The molecule has 0 aliphatic carbocycles. The Morgan fingerprint density at radius 2 is 1.48 bits per heavy atom. The first kappa shape index (κ1) is 32.1. The van der Waals surface area contributed by atoms with Crippen LogP contribution in [0.3, 0.4) is 0 Å². The zero-order valence-electron chi connectivity index (χ0n) is 25.6. The van der Waals surface area contributed by atoms with Crippen molar-refractivity contribution >= 4 is 29.1 Å². The summed E-state index contributed by atoms with van der Waals surface area (Å²) in [4.78, 5) is 32.4. The van der Waals surface area contributed by atoms with Crippen LogP contribution >= 0.6 is 23.2 Å². The van der Waals surface area contributed by atoms with E-state index in [9.17, 15) is 9.90 Å². The number of aliphatic hydroxyl groups is 1. The molecular formula is C33H35Cl2N7O4. The third kappa shape index (κ3) is 6.79. The molecule has 2 aliphatic heterocycles. The molecule has 0 spiro atoms. The fraction of sp³-hybridized carbons (Fsp3) is 0.364. The van der Waals surface area contributed by atoms with Crippen molar-refractivity contribution in [1.82, 2.24) is 35.5 Å². The molecule has 0 unspecified atom stereocenters. The largest absolute Gasteiger partial charge is 0.480 e. The number of methoxy groups -OCH3 is 2. The van der Waals surface area contributed by atoms with Gasteiger partial charge in [-0.05, 0) is 6.42 Å². The van der Waals surface area contributed by atoms with Gasteiger partial charge in [-0.15, -0.1) is 0 Å². The predicted molar refractivity (Wildman–Crippen MR) is 176 cm³/mol. The Kier molecular flexibility index (Phi) is 9.95. The molecule has 4 heterocycles. The van der Waals surface area contributed by atoms with Gasteiger partial charge in [-0.1, -0.05) is 59.6 Å². The van der Waals surface area contributed by atoms with Gasteiger partial charge in [-0.25, -0.2) is 9.97 Å². The number of carbonyl (C=O) groups is 1. The number of likely N-dealkylation sites (tertiary alicyclic amines) is 1. The predicted octanol–water partition coefficient (Wildman–Crippen LogP) is 4.38. The monoisotopic (exact) mass is 663 g/mol. The number of hydrogen-bond donors (Lipinski definition) is 3. The smallest absolute Gasteiger partial charge is 0.237 e. The molecular weight excluding hydrogens is 629 g/mol. The maximum Gasteiger partial charge on any atom is 0.237 e. The lowest BCUT2D eigenvalue weighted by molar-refractivity contribution is -0.119. The number of halogens is 2. The third-order valence-corrected chi connectivity index (χ3v) is 9.10. The van der Waals surface area contributed by atoms with Gasteiger partial charge in [-0.2, -0.15) is 0 Å². The van der Waals surface area contributed by atoms with Crippen molar-refractivity contribution in [2.24, 2.45) is 5.92 Å². The van der Waals surface area contributed by atoms with E-state index in [4.69, 9.17) is 42.6 Å². The Morgan fingerprint density at radius 1 is 0.913 bits per heavy atom. The van der Waals surface area contributed by atoms with E-state index in [-0.39, 0.29) is 18.6 Å². The molecule has 46 heavy (non-hydrogen) atoms. The fourth-order valence-electron chi connectivity index (χ4n) is 5.81. The molecule has 2 aromatic carbocycles. The molecule has 0 saturated carbocycles. The number of ether oxygens (including phenoxy) is 2. The summed E-state index contributed by atoms with van der Waals surface area (Å²) in [6.07, 6.45) is 4.75. The minimum atomic E-state index is 0.0832. The summed E-state index contributed by atoms with van der Waals surface area (Å²) in [5.74, 6) is 1.21. The number of amides is 1. The zero-order chi connectivity index (χ0) is 32.2. The highest BCUT2D eigenvalue weighted by Gasteiger charge is 2.28. The molecule has 2 aromatic heterocycles. The molecule has 3 N–H and O–H groups in total. The molecule has 2 saturated heterocycles. The van der Waals surface area contributed by atoms with E-state index in [2.05, 4.69) is 25.5 Å². The Labute approximate surface area is 277 Å². The van der Waals surface area contributed by atoms with E-state index >= 15 is 0 Å². The van der Waals surface area contributed by atoms with Crippen molar-refractivity contribution in [3.63, 3.8) is 0 Å². The fourth-order valence-corrected chi connectivity index (χ4v) is 6.46.